The Morgan fingerprint density at radius 3 is 2.62 bits per heavy atom. The van der Waals surface area contributed by atoms with E-state index in [1.165, 1.54) is 23.0 Å². The van der Waals surface area contributed by atoms with Crippen LogP contribution in [0.5, 0.6) is 23.0 Å². The molecule has 0 spiro atoms. The summed E-state index contributed by atoms with van der Waals surface area (Å²) >= 11 is 1.25. The molecule has 3 heterocycles. The first kappa shape index (κ1) is 24.6. The van der Waals surface area contributed by atoms with Crippen molar-refractivity contribution >= 4 is 23.4 Å². The second-order valence-electron chi connectivity index (χ2n) is 8.47. The molecular weight excluding hydrogens is 496 g/mol. The molecule has 0 saturated heterocycles. The molecule has 0 amide bonds. The fourth-order valence-electron chi connectivity index (χ4n) is 4.49. The van der Waals surface area contributed by atoms with Crippen molar-refractivity contribution in [2.75, 3.05) is 27.6 Å². The molecule has 0 fully saturated rings. The number of hydrogen-bond donors (Lipinski definition) is 0. The number of hydrogen-bond acceptors (Lipinski definition) is 9. The quantitative estimate of drug-likeness (QED) is 0.459. The molecule has 10 heteroatoms. The second kappa shape index (κ2) is 9.78. The van der Waals surface area contributed by atoms with Crippen LogP contribution in [0.3, 0.4) is 0 Å². The highest BCUT2D eigenvalue weighted by molar-refractivity contribution is 7.07. The van der Waals surface area contributed by atoms with Crippen molar-refractivity contribution in [1.29, 1.82) is 0 Å². The van der Waals surface area contributed by atoms with Gasteiger partial charge in [-0.05, 0) is 68.3 Å². The van der Waals surface area contributed by atoms with Crippen LogP contribution in [0, 0.1) is 6.92 Å². The van der Waals surface area contributed by atoms with E-state index in [0.29, 0.717) is 43.6 Å². The maximum atomic E-state index is 13.9. The predicted octanol–water partition coefficient (Wildman–Crippen LogP) is 2.85. The van der Waals surface area contributed by atoms with Gasteiger partial charge in [0.15, 0.2) is 16.3 Å². The molecule has 9 nitrogen and oxygen atoms in total. The molecular formula is C27H26N2O7S. The van der Waals surface area contributed by atoms with Crippen LogP contribution in [0.4, 0.5) is 0 Å². The largest absolute Gasteiger partial charge is 0.497 e. The molecule has 0 bridgehead atoms. The number of aromatic nitrogens is 1. The lowest BCUT2D eigenvalue weighted by molar-refractivity contribution is -0.139. The molecule has 0 saturated carbocycles. The molecule has 37 heavy (non-hydrogen) atoms. The van der Waals surface area contributed by atoms with Crippen LogP contribution >= 0.6 is 11.3 Å². The topological polar surface area (TPSA) is 97.6 Å². The summed E-state index contributed by atoms with van der Waals surface area (Å²) in [6.45, 7) is 5.77. The molecule has 0 unspecified atom stereocenters. The molecule has 1 aromatic heterocycles. The highest BCUT2D eigenvalue weighted by Crippen LogP contribution is 2.38. The van der Waals surface area contributed by atoms with E-state index in [4.69, 9.17) is 23.7 Å². The van der Waals surface area contributed by atoms with E-state index >= 15 is 0 Å². The van der Waals surface area contributed by atoms with Crippen LogP contribution in [0.25, 0.3) is 6.08 Å². The maximum Gasteiger partial charge on any atom is 0.338 e. The van der Waals surface area contributed by atoms with Gasteiger partial charge in [0.2, 0.25) is 6.79 Å². The molecule has 192 valence electrons. The van der Waals surface area contributed by atoms with Gasteiger partial charge < -0.3 is 23.7 Å². The number of rotatable bonds is 6. The van der Waals surface area contributed by atoms with Gasteiger partial charge in [0.25, 0.3) is 5.56 Å². The van der Waals surface area contributed by atoms with Gasteiger partial charge >= 0.3 is 5.97 Å². The number of nitrogens with zero attached hydrogens (tertiary/aromatic N) is 2. The molecule has 2 aliphatic rings. The van der Waals surface area contributed by atoms with E-state index in [0.717, 1.165) is 11.1 Å². The lowest BCUT2D eigenvalue weighted by Gasteiger charge is -2.26. The van der Waals surface area contributed by atoms with E-state index in [9.17, 15) is 9.59 Å². The first-order chi connectivity index (χ1) is 17.9. The van der Waals surface area contributed by atoms with Gasteiger partial charge in [0.1, 0.15) is 17.5 Å². The van der Waals surface area contributed by atoms with Crippen molar-refractivity contribution in [2.24, 2.45) is 4.99 Å². The molecule has 0 N–H and O–H groups in total. The van der Waals surface area contributed by atoms with Crippen molar-refractivity contribution in [2.45, 2.75) is 26.8 Å². The van der Waals surface area contributed by atoms with Gasteiger partial charge in [0, 0.05) is 5.56 Å². The van der Waals surface area contributed by atoms with Crippen LogP contribution < -0.4 is 33.8 Å². The zero-order chi connectivity index (χ0) is 26.3. The smallest absolute Gasteiger partial charge is 0.338 e. The normalized spacial score (nSPS) is 16.4. The van der Waals surface area contributed by atoms with Crippen molar-refractivity contribution in [3.8, 4) is 23.0 Å². The zero-order valence-corrected chi connectivity index (χ0v) is 21.9. The van der Waals surface area contributed by atoms with Gasteiger partial charge in [-0.3, -0.25) is 9.36 Å². The number of esters is 1. The monoisotopic (exact) mass is 522 g/mol. The van der Waals surface area contributed by atoms with Crippen molar-refractivity contribution < 1.29 is 28.5 Å². The molecule has 1 atom stereocenters. The Kier molecular flexibility index (Phi) is 6.51. The maximum absolute atomic E-state index is 13.9. The summed E-state index contributed by atoms with van der Waals surface area (Å²) in [5.41, 5.74) is 2.80. The lowest BCUT2D eigenvalue weighted by Crippen LogP contribution is -2.40. The lowest BCUT2D eigenvalue weighted by atomic mass is 9.94. The summed E-state index contributed by atoms with van der Waals surface area (Å²) in [6, 6.07) is 8.19. The average Bonchev–Trinajstić information content (AvgIpc) is 3.46. The minimum atomic E-state index is -0.819. The summed E-state index contributed by atoms with van der Waals surface area (Å²) in [7, 11) is 3.09. The molecule has 3 aromatic rings. The number of ether oxygens (including phenoxy) is 5. The SMILES string of the molecule is CCOC(=O)C1=C(C)N=c2sc(=Cc3cc4c(cc3C)OCO4)c(=O)n2[C@@H]1c1cc(OC)ccc1OC. The third-order valence-corrected chi connectivity index (χ3v) is 7.28. The Bertz CT molecular complexity index is 1620. The third kappa shape index (κ3) is 4.27. The number of benzene rings is 2. The molecule has 0 aliphatic carbocycles. The Balaban J connectivity index is 1.76. The summed E-state index contributed by atoms with van der Waals surface area (Å²) in [4.78, 5) is 32.2. The van der Waals surface area contributed by atoms with Crippen LogP contribution in [-0.4, -0.2) is 38.2 Å². The van der Waals surface area contributed by atoms with Crippen LogP contribution in [0.15, 0.2) is 51.4 Å². The third-order valence-electron chi connectivity index (χ3n) is 6.30. The standard InChI is InChI=1S/C27H26N2O7S/c1-6-34-26(31)23-15(3)28-27-29(24(23)18-12-17(32-4)7-8-19(18)33-5)25(30)22(37-27)11-16-10-21-20(9-14(16)2)35-13-36-21/h7-12,24H,6,13H2,1-5H3/t24-/m1/s1. The highest BCUT2D eigenvalue weighted by Gasteiger charge is 2.35. The number of thiazole rings is 1. The Morgan fingerprint density at radius 2 is 1.92 bits per heavy atom. The minimum Gasteiger partial charge on any atom is -0.497 e. The second-order valence-corrected chi connectivity index (χ2v) is 9.48. The van der Waals surface area contributed by atoms with Crippen LogP contribution in [-0.2, 0) is 9.53 Å². The summed E-state index contributed by atoms with van der Waals surface area (Å²) < 4.78 is 29.4. The number of allylic oxidation sites excluding steroid dienone is 1. The zero-order valence-electron chi connectivity index (χ0n) is 21.1. The Hall–Kier alpha value is -4.05. The molecule has 2 aliphatic heterocycles. The number of fused-ring (bicyclic) bond motifs is 2. The number of carbonyl (C=O) groups is 1. The van der Waals surface area contributed by atoms with Crippen molar-refractivity contribution in [3.05, 3.63) is 78.0 Å². The fourth-order valence-corrected chi connectivity index (χ4v) is 5.53. The van der Waals surface area contributed by atoms with Crippen LogP contribution in [0.1, 0.15) is 36.6 Å². The summed E-state index contributed by atoms with van der Waals surface area (Å²) in [5, 5.41) is 0. The van der Waals surface area contributed by atoms with Crippen molar-refractivity contribution in [3.63, 3.8) is 0 Å². The molecule has 5 rings (SSSR count). The number of methoxy groups -OCH3 is 2. The molecule has 2 aromatic carbocycles. The first-order valence-electron chi connectivity index (χ1n) is 11.7. The van der Waals surface area contributed by atoms with Gasteiger partial charge in [-0.2, -0.15) is 0 Å². The summed E-state index contributed by atoms with van der Waals surface area (Å²) in [5.74, 6) is 1.83. The van der Waals surface area contributed by atoms with E-state index in [-0.39, 0.29) is 24.5 Å². The highest BCUT2D eigenvalue weighted by atomic mass is 32.1. The van der Waals surface area contributed by atoms with E-state index < -0.39 is 12.0 Å². The summed E-state index contributed by atoms with van der Waals surface area (Å²) in [6.07, 6.45) is 1.81. The Morgan fingerprint density at radius 1 is 1.16 bits per heavy atom. The predicted molar refractivity (Wildman–Crippen MR) is 137 cm³/mol. The average molecular weight is 523 g/mol. The van der Waals surface area contributed by atoms with Gasteiger partial charge in [0.05, 0.1) is 36.6 Å². The van der Waals surface area contributed by atoms with Gasteiger partial charge in [-0.15, -0.1) is 0 Å². The first-order valence-corrected chi connectivity index (χ1v) is 12.5. The Labute approximate surface area is 216 Å². The number of aryl methyl sites for hydroxylation is 1. The van der Waals surface area contributed by atoms with Gasteiger partial charge in [-0.1, -0.05) is 11.3 Å². The number of carbonyl (C=O) groups excluding carboxylic acids is 1. The van der Waals surface area contributed by atoms with E-state index in [1.54, 1.807) is 39.2 Å². The fraction of sp³-hybridized carbons (Fsp3) is 0.296. The van der Waals surface area contributed by atoms with Gasteiger partial charge in [-0.25, -0.2) is 9.79 Å². The van der Waals surface area contributed by atoms with E-state index in [1.807, 2.05) is 25.1 Å². The van der Waals surface area contributed by atoms with E-state index in [2.05, 4.69) is 4.99 Å². The molecule has 0 radical (unpaired) electrons. The van der Waals surface area contributed by atoms with Crippen molar-refractivity contribution in [1.82, 2.24) is 4.57 Å². The minimum absolute atomic E-state index is 0.165. The van der Waals surface area contributed by atoms with Crippen LogP contribution in [0.2, 0.25) is 0 Å².